The standard InChI is InChI=1S/C25H33ClO7/c1-3-5-12-32-25(24(30)23(29)22(28)21(15-27)33-25)18-8-11-20(26)17(14-18)13-16-6-9-19(10-7-16)31-4-2/h6-11,14,21-24,27-30H,3-5,12-13,15H2,1-2H3/t21-,22-,23+,24-,25?/m1/s1. The highest BCUT2D eigenvalue weighted by Gasteiger charge is 2.55. The number of unbranched alkanes of at least 4 members (excludes halogenated alkanes) is 1. The Bertz CT molecular complexity index is 889. The number of benzene rings is 2. The van der Waals surface area contributed by atoms with Gasteiger partial charge in [-0.25, -0.2) is 0 Å². The topological polar surface area (TPSA) is 109 Å². The second kappa shape index (κ2) is 11.6. The van der Waals surface area contributed by atoms with Crippen LogP contribution < -0.4 is 4.74 Å². The summed E-state index contributed by atoms with van der Waals surface area (Å²) < 4.78 is 17.5. The molecule has 3 rings (SSSR count). The Kier molecular flexibility index (Phi) is 9.12. The van der Waals surface area contributed by atoms with Gasteiger partial charge >= 0.3 is 0 Å². The molecule has 4 N–H and O–H groups in total. The van der Waals surface area contributed by atoms with Crippen LogP contribution in [0, 0.1) is 0 Å². The maximum Gasteiger partial charge on any atom is 0.225 e. The van der Waals surface area contributed by atoms with E-state index >= 15 is 0 Å². The maximum absolute atomic E-state index is 11.0. The molecule has 182 valence electrons. The molecular weight excluding hydrogens is 448 g/mol. The van der Waals surface area contributed by atoms with Crippen molar-refractivity contribution in [2.24, 2.45) is 0 Å². The zero-order valence-corrected chi connectivity index (χ0v) is 19.7. The summed E-state index contributed by atoms with van der Waals surface area (Å²) in [5.41, 5.74) is 2.22. The van der Waals surface area contributed by atoms with E-state index in [4.69, 9.17) is 25.8 Å². The summed E-state index contributed by atoms with van der Waals surface area (Å²) in [4.78, 5) is 0. The van der Waals surface area contributed by atoms with Gasteiger partial charge in [-0.15, -0.1) is 0 Å². The molecule has 1 unspecified atom stereocenters. The van der Waals surface area contributed by atoms with Gasteiger partial charge in [-0.1, -0.05) is 43.1 Å². The maximum atomic E-state index is 11.0. The number of aliphatic hydroxyl groups is 4. The van der Waals surface area contributed by atoms with Gasteiger partial charge in [-0.05, 0) is 55.2 Å². The van der Waals surface area contributed by atoms with E-state index in [2.05, 4.69) is 0 Å². The number of rotatable bonds is 10. The van der Waals surface area contributed by atoms with Crippen LogP contribution in [0.5, 0.6) is 5.75 Å². The first kappa shape index (κ1) is 25.9. The second-order valence-corrected chi connectivity index (χ2v) is 8.60. The van der Waals surface area contributed by atoms with Crippen LogP contribution in [0.25, 0.3) is 0 Å². The molecule has 1 aliphatic rings. The minimum absolute atomic E-state index is 0.255. The van der Waals surface area contributed by atoms with Gasteiger partial charge in [0.1, 0.15) is 30.2 Å². The highest BCUT2D eigenvalue weighted by Crippen LogP contribution is 2.41. The van der Waals surface area contributed by atoms with Crippen LogP contribution in [-0.2, 0) is 21.7 Å². The molecule has 7 nitrogen and oxygen atoms in total. The third-order valence-electron chi connectivity index (χ3n) is 5.84. The van der Waals surface area contributed by atoms with E-state index in [9.17, 15) is 20.4 Å². The molecule has 0 bridgehead atoms. The number of hydrogen-bond acceptors (Lipinski definition) is 7. The molecule has 2 aromatic rings. The van der Waals surface area contributed by atoms with Crippen molar-refractivity contribution in [1.29, 1.82) is 0 Å². The van der Waals surface area contributed by atoms with Gasteiger partial charge < -0.3 is 34.6 Å². The van der Waals surface area contributed by atoms with Gasteiger partial charge in [0.2, 0.25) is 5.79 Å². The van der Waals surface area contributed by atoms with Gasteiger partial charge in [0.15, 0.2) is 0 Å². The molecule has 1 aliphatic heterocycles. The van der Waals surface area contributed by atoms with Crippen molar-refractivity contribution in [3.05, 3.63) is 64.2 Å². The van der Waals surface area contributed by atoms with E-state index < -0.39 is 36.8 Å². The Morgan fingerprint density at radius 2 is 1.76 bits per heavy atom. The summed E-state index contributed by atoms with van der Waals surface area (Å²) in [5.74, 6) is -0.981. The summed E-state index contributed by atoms with van der Waals surface area (Å²) in [7, 11) is 0. The fourth-order valence-corrected chi connectivity index (χ4v) is 4.15. The van der Waals surface area contributed by atoms with Crippen molar-refractivity contribution in [3.8, 4) is 5.75 Å². The molecule has 1 saturated heterocycles. The lowest BCUT2D eigenvalue weighted by Crippen LogP contribution is -2.64. The number of aliphatic hydroxyl groups excluding tert-OH is 4. The Hall–Kier alpha value is -1.71. The molecule has 8 heteroatoms. The zero-order valence-electron chi connectivity index (χ0n) is 19.0. The number of halogens is 1. The SMILES string of the molecule is CCCCOC1(c2ccc(Cl)c(Cc3ccc(OCC)cc3)c2)O[C@H](CO)[C@@H](O)[C@H](O)[C@H]1O. The average Bonchev–Trinajstić information content (AvgIpc) is 2.82. The molecule has 2 aromatic carbocycles. The smallest absolute Gasteiger partial charge is 0.225 e. The van der Waals surface area contributed by atoms with Crippen LogP contribution in [0.4, 0.5) is 0 Å². The minimum Gasteiger partial charge on any atom is -0.494 e. The van der Waals surface area contributed by atoms with Gasteiger partial charge in [-0.3, -0.25) is 0 Å². The van der Waals surface area contributed by atoms with Gasteiger partial charge in [0.25, 0.3) is 0 Å². The summed E-state index contributed by atoms with van der Waals surface area (Å²) in [6, 6.07) is 12.8. The Morgan fingerprint density at radius 1 is 1.03 bits per heavy atom. The second-order valence-electron chi connectivity index (χ2n) is 8.19. The van der Waals surface area contributed by atoms with Crippen molar-refractivity contribution in [2.75, 3.05) is 19.8 Å². The molecule has 33 heavy (non-hydrogen) atoms. The van der Waals surface area contributed by atoms with Gasteiger partial charge in [-0.2, -0.15) is 0 Å². The van der Waals surface area contributed by atoms with Crippen LogP contribution >= 0.6 is 11.6 Å². The highest BCUT2D eigenvalue weighted by molar-refractivity contribution is 6.31. The molecule has 1 fully saturated rings. The molecule has 0 radical (unpaired) electrons. The lowest BCUT2D eigenvalue weighted by molar-refractivity contribution is -0.373. The molecule has 0 saturated carbocycles. The highest BCUT2D eigenvalue weighted by atomic mass is 35.5. The first-order chi connectivity index (χ1) is 15.9. The van der Waals surface area contributed by atoms with E-state index in [0.29, 0.717) is 30.0 Å². The lowest BCUT2D eigenvalue weighted by Gasteiger charge is -2.48. The van der Waals surface area contributed by atoms with Crippen LogP contribution in [0.1, 0.15) is 43.4 Å². The van der Waals surface area contributed by atoms with Gasteiger partial charge in [0, 0.05) is 10.6 Å². The predicted octanol–water partition coefficient (Wildman–Crippen LogP) is 2.77. The quantitative estimate of drug-likeness (QED) is 0.387. The molecule has 1 heterocycles. The average molecular weight is 481 g/mol. The molecular formula is C25H33ClO7. The first-order valence-corrected chi connectivity index (χ1v) is 11.7. The Labute approximate surface area is 199 Å². The Balaban J connectivity index is 1.97. The van der Waals surface area contributed by atoms with E-state index in [0.717, 1.165) is 23.3 Å². The first-order valence-electron chi connectivity index (χ1n) is 11.3. The minimum atomic E-state index is -1.76. The van der Waals surface area contributed by atoms with Crippen LogP contribution in [0.2, 0.25) is 5.02 Å². The van der Waals surface area contributed by atoms with Crippen molar-refractivity contribution >= 4 is 11.6 Å². The molecule has 5 atom stereocenters. The normalized spacial score (nSPS) is 27.5. The zero-order chi connectivity index (χ0) is 24.0. The van der Waals surface area contributed by atoms with E-state index in [1.165, 1.54) is 0 Å². The summed E-state index contributed by atoms with van der Waals surface area (Å²) in [6.07, 6.45) is -3.67. The van der Waals surface area contributed by atoms with Crippen molar-refractivity contribution < 1.29 is 34.6 Å². The Morgan fingerprint density at radius 3 is 2.39 bits per heavy atom. The monoisotopic (exact) mass is 480 g/mol. The predicted molar refractivity (Wildman–Crippen MR) is 124 cm³/mol. The molecule has 0 aliphatic carbocycles. The molecule has 0 aromatic heterocycles. The van der Waals surface area contributed by atoms with Crippen molar-refractivity contribution in [3.63, 3.8) is 0 Å². The fourth-order valence-electron chi connectivity index (χ4n) is 3.97. The molecule has 0 spiro atoms. The third kappa shape index (κ3) is 5.69. The number of ether oxygens (including phenoxy) is 3. The lowest BCUT2D eigenvalue weighted by atomic mass is 9.87. The van der Waals surface area contributed by atoms with E-state index in [1.54, 1.807) is 18.2 Å². The largest absolute Gasteiger partial charge is 0.494 e. The van der Waals surface area contributed by atoms with Crippen LogP contribution in [0.3, 0.4) is 0 Å². The van der Waals surface area contributed by atoms with E-state index in [-0.39, 0.29) is 6.61 Å². The van der Waals surface area contributed by atoms with Crippen molar-refractivity contribution in [2.45, 2.75) is 63.3 Å². The van der Waals surface area contributed by atoms with Crippen LogP contribution in [0.15, 0.2) is 42.5 Å². The van der Waals surface area contributed by atoms with Gasteiger partial charge in [0.05, 0.1) is 19.8 Å². The fraction of sp³-hybridized carbons (Fsp3) is 0.520. The summed E-state index contributed by atoms with van der Waals surface area (Å²) >= 11 is 6.48. The summed E-state index contributed by atoms with van der Waals surface area (Å²) in [5, 5.41) is 42.0. The molecule has 0 amide bonds. The summed E-state index contributed by atoms with van der Waals surface area (Å²) in [6.45, 7) is 4.23. The third-order valence-corrected chi connectivity index (χ3v) is 6.21. The van der Waals surface area contributed by atoms with Crippen molar-refractivity contribution in [1.82, 2.24) is 0 Å². The van der Waals surface area contributed by atoms with E-state index in [1.807, 2.05) is 38.1 Å². The number of hydrogen-bond donors (Lipinski definition) is 4. The van der Waals surface area contributed by atoms with Crippen LogP contribution in [-0.4, -0.2) is 64.7 Å².